The molecule has 8 heteroatoms. The summed E-state index contributed by atoms with van der Waals surface area (Å²) in [5.41, 5.74) is 10.3. The molecule has 3 heterocycles. The molecule has 0 atom stereocenters. The Kier molecular flexibility index (Phi) is 5.53. The quantitative estimate of drug-likeness (QED) is 0.671. The third-order valence-electron chi connectivity index (χ3n) is 4.95. The summed E-state index contributed by atoms with van der Waals surface area (Å²) < 4.78 is 7.55. The fraction of sp³-hybridized carbons (Fsp3) is 0.333. The minimum absolute atomic E-state index is 0.644. The summed E-state index contributed by atoms with van der Waals surface area (Å²) in [5.74, 6) is 1.51. The zero-order valence-electron chi connectivity index (χ0n) is 16.7. The molecule has 2 N–H and O–H groups in total. The normalized spacial score (nSPS) is 15.5. The maximum Gasteiger partial charge on any atom is 0.166 e. The van der Waals surface area contributed by atoms with Gasteiger partial charge in [-0.1, -0.05) is 18.2 Å². The number of anilines is 1. The van der Waals surface area contributed by atoms with Gasteiger partial charge in [0.15, 0.2) is 22.8 Å². The summed E-state index contributed by atoms with van der Waals surface area (Å²) in [6.07, 6.45) is 5.30. The number of rotatable bonds is 5. The number of nitrogens with zero attached hydrogens (tertiary/aromatic N) is 6. The Labute approximate surface area is 169 Å². The molecule has 0 bridgehead atoms. The number of morpholine rings is 1. The van der Waals surface area contributed by atoms with Gasteiger partial charge in [-0.15, -0.1) is 0 Å². The van der Waals surface area contributed by atoms with Crippen LogP contribution in [0.3, 0.4) is 0 Å². The number of aliphatic imine (C=N–C) groups is 1. The van der Waals surface area contributed by atoms with E-state index < -0.39 is 0 Å². The minimum atomic E-state index is 0.644. The van der Waals surface area contributed by atoms with Crippen molar-refractivity contribution in [3.05, 3.63) is 42.2 Å². The van der Waals surface area contributed by atoms with Gasteiger partial charge in [-0.2, -0.15) is 0 Å². The first kappa shape index (κ1) is 19.1. The van der Waals surface area contributed by atoms with E-state index in [1.807, 2.05) is 35.2 Å². The second-order valence-electron chi connectivity index (χ2n) is 6.78. The molecule has 0 unspecified atom stereocenters. The second kappa shape index (κ2) is 8.40. The number of allylic oxidation sites excluding steroid dienone is 1. The third-order valence-corrected chi connectivity index (χ3v) is 4.95. The molecule has 150 valence electrons. The van der Waals surface area contributed by atoms with Gasteiger partial charge < -0.3 is 19.9 Å². The SMILES string of the molecule is CCn1cnc2c(N3CCOCC3)nc(-c3cccc(/C(N)=C/C=NC)c3)nc21. The molecular formula is C21H25N7O. The van der Waals surface area contributed by atoms with Gasteiger partial charge in [-0.3, -0.25) is 4.99 Å². The van der Waals surface area contributed by atoms with Crippen LogP contribution in [-0.4, -0.2) is 59.1 Å². The first-order valence-corrected chi connectivity index (χ1v) is 9.75. The fourth-order valence-electron chi connectivity index (χ4n) is 3.37. The van der Waals surface area contributed by atoms with Gasteiger partial charge >= 0.3 is 0 Å². The molecule has 1 aliphatic rings. The first-order valence-electron chi connectivity index (χ1n) is 9.75. The van der Waals surface area contributed by atoms with Gasteiger partial charge in [0.05, 0.1) is 19.5 Å². The Morgan fingerprint density at radius 3 is 2.86 bits per heavy atom. The van der Waals surface area contributed by atoms with Crippen molar-refractivity contribution in [1.82, 2.24) is 19.5 Å². The number of nitrogens with two attached hydrogens (primary N) is 1. The maximum atomic E-state index is 6.19. The molecule has 1 saturated heterocycles. The zero-order chi connectivity index (χ0) is 20.2. The predicted molar refractivity (Wildman–Crippen MR) is 116 cm³/mol. The highest BCUT2D eigenvalue weighted by Gasteiger charge is 2.21. The van der Waals surface area contributed by atoms with Crippen LogP contribution in [0, 0.1) is 0 Å². The molecule has 1 fully saturated rings. The summed E-state index contributed by atoms with van der Waals surface area (Å²) in [6, 6.07) is 7.94. The van der Waals surface area contributed by atoms with E-state index in [2.05, 4.69) is 21.8 Å². The highest BCUT2D eigenvalue weighted by atomic mass is 16.5. The van der Waals surface area contributed by atoms with Crippen molar-refractivity contribution in [1.29, 1.82) is 0 Å². The van der Waals surface area contributed by atoms with Crippen molar-refractivity contribution in [3.63, 3.8) is 0 Å². The van der Waals surface area contributed by atoms with Crippen molar-refractivity contribution in [2.45, 2.75) is 13.5 Å². The van der Waals surface area contributed by atoms with Crippen molar-refractivity contribution < 1.29 is 4.74 Å². The van der Waals surface area contributed by atoms with Crippen molar-refractivity contribution in [2.75, 3.05) is 38.3 Å². The molecule has 0 saturated carbocycles. The van der Waals surface area contributed by atoms with E-state index in [1.165, 1.54) is 0 Å². The number of benzene rings is 1. The Morgan fingerprint density at radius 2 is 2.10 bits per heavy atom. The van der Waals surface area contributed by atoms with Gasteiger partial charge in [-0.25, -0.2) is 15.0 Å². The van der Waals surface area contributed by atoms with Gasteiger partial charge in [0.2, 0.25) is 0 Å². The number of imidazole rings is 1. The highest BCUT2D eigenvalue weighted by molar-refractivity contribution is 5.87. The van der Waals surface area contributed by atoms with Crippen LogP contribution in [0.25, 0.3) is 28.2 Å². The van der Waals surface area contributed by atoms with Crippen LogP contribution < -0.4 is 10.6 Å². The summed E-state index contributed by atoms with van der Waals surface area (Å²) in [5, 5.41) is 0. The zero-order valence-corrected chi connectivity index (χ0v) is 16.7. The standard InChI is InChI=1S/C21H25N7O/c1-3-27-14-24-18-20(27)25-19(26-21(18)28-9-11-29-12-10-28)16-6-4-5-15(13-16)17(22)7-8-23-2/h4-8,13-14H,3,9-12,22H2,1-2H3/b17-7-,23-8?. The topological polar surface area (TPSA) is 94.5 Å². The molecule has 8 nitrogen and oxygen atoms in total. The Hall–Kier alpha value is -3.26. The van der Waals surface area contributed by atoms with E-state index in [4.69, 9.17) is 20.4 Å². The Morgan fingerprint density at radius 1 is 1.28 bits per heavy atom. The minimum Gasteiger partial charge on any atom is -0.398 e. The monoisotopic (exact) mass is 391 g/mol. The van der Waals surface area contributed by atoms with Crippen molar-refractivity contribution >= 4 is 28.9 Å². The highest BCUT2D eigenvalue weighted by Crippen LogP contribution is 2.28. The van der Waals surface area contributed by atoms with Gasteiger partial charge in [0.25, 0.3) is 0 Å². The van der Waals surface area contributed by atoms with Gasteiger partial charge in [0, 0.05) is 44.2 Å². The lowest BCUT2D eigenvalue weighted by Gasteiger charge is -2.28. The van der Waals surface area contributed by atoms with E-state index in [0.717, 1.165) is 47.7 Å². The summed E-state index contributed by atoms with van der Waals surface area (Å²) in [6.45, 7) is 5.82. The Bertz CT molecular complexity index is 1060. The number of hydrogen-bond donors (Lipinski definition) is 1. The fourth-order valence-corrected chi connectivity index (χ4v) is 3.37. The van der Waals surface area contributed by atoms with E-state index in [0.29, 0.717) is 24.7 Å². The molecule has 1 aromatic carbocycles. The summed E-state index contributed by atoms with van der Waals surface area (Å²) in [7, 11) is 1.72. The number of aryl methyl sites for hydroxylation is 1. The molecule has 3 aromatic rings. The lowest BCUT2D eigenvalue weighted by molar-refractivity contribution is 0.122. The molecule has 29 heavy (non-hydrogen) atoms. The molecule has 0 amide bonds. The van der Waals surface area contributed by atoms with Crippen LogP contribution in [0.1, 0.15) is 12.5 Å². The van der Waals surface area contributed by atoms with Crippen LogP contribution in [0.4, 0.5) is 5.82 Å². The molecule has 0 aliphatic carbocycles. The lowest BCUT2D eigenvalue weighted by Crippen LogP contribution is -2.37. The van der Waals surface area contributed by atoms with E-state index in [1.54, 1.807) is 19.3 Å². The van der Waals surface area contributed by atoms with Crippen LogP contribution in [0.15, 0.2) is 41.7 Å². The van der Waals surface area contributed by atoms with Crippen LogP contribution in [0.2, 0.25) is 0 Å². The van der Waals surface area contributed by atoms with Crippen molar-refractivity contribution in [2.24, 2.45) is 10.7 Å². The van der Waals surface area contributed by atoms with E-state index in [9.17, 15) is 0 Å². The number of fused-ring (bicyclic) bond motifs is 1. The average molecular weight is 391 g/mol. The maximum absolute atomic E-state index is 6.19. The largest absolute Gasteiger partial charge is 0.398 e. The van der Waals surface area contributed by atoms with Crippen LogP contribution in [0.5, 0.6) is 0 Å². The Balaban J connectivity index is 1.83. The van der Waals surface area contributed by atoms with Crippen LogP contribution >= 0.6 is 0 Å². The smallest absolute Gasteiger partial charge is 0.166 e. The molecule has 0 spiro atoms. The van der Waals surface area contributed by atoms with Gasteiger partial charge in [0.1, 0.15) is 0 Å². The third kappa shape index (κ3) is 3.84. The van der Waals surface area contributed by atoms with Crippen LogP contribution in [-0.2, 0) is 11.3 Å². The number of hydrogen-bond acceptors (Lipinski definition) is 7. The predicted octanol–water partition coefficient (Wildman–Crippen LogP) is 2.35. The summed E-state index contributed by atoms with van der Waals surface area (Å²) >= 11 is 0. The second-order valence-corrected chi connectivity index (χ2v) is 6.78. The molecule has 2 aromatic heterocycles. The average Bonchev–Trinajstić information content (AvgIpc) is 3.20. The summed E-state index contributed by atoms with van der Waals surface area (Å²) in [4.78, 5) is 20.5. The van der Waals surface area contributed by atoms with E-state index >= 15 is 0 Å². The van der Waals surface area contributed by atoms with E-state index in [-0.39, 0.29) is 0 Å². The lowest BCUT2D eigenvalue weighted by atomic mass is 10.1. The number of aromatic nitrogens is 4. The number of ether oxygens (including phenoxy) is 1. The molecular weight excluding hydrogens is 366 g/mol. The van der Waals surface area contributed by atoms with Crippen molar-refractivity contribution in [3.8, 4) is 11.4 Å². The first-order chi connectivity index (χ1) is 14.2. The molecule has 1 aliphatic heterocycles. The molecule has 0 radical (unpaired) electrons. The molecule has 4 rings (SSSR count). The van der Waals surface area contributed by atoms with Gasteiger partial charge in [-0.05, 0) is 24.6 Å².